The van der Waals surface area contributed by atoms with Crippen LogP contribution in [0, 0.1) is 0 Å². The molecule has 0 amide bonds. The Balaban J connectivity index is 3.03. The molecule has 1 aromatic carbocycles. The Bertz CT molecular complexity index is 385. The molecule has 1 rings (SSSR count). The number of halogens is 3. The normalized spacial score (nSPS) is 14.8. The second-order valence-electron chi connectivity index (χ2n) is 3.29. The third-order valence-electron chi connectivity index (χ3n) is 1.99. The van der Waals surface area contributed by atoms with Crippen molar-refractivity contribution in [3.63, 3.8) is 0 Å². The highest BCUT2D eigenvalue weighted by Crippen LogP contribution is 2.50. The molecule has 0 saturated carbocycles. The van der Waals surface area contributed by atoms with Crippen molar-refractivity contribution in [2.75, 3.05) is 0 Å². The van der Waals surface area contributed by atoms with Crippen molar-refractivity contribution in [1.29, 1.82) is 0 Å². The zero-order valence-corrected chi connectivity index (χ0v) is 8.87. The highest BCUT2D eigenvalue weighted by Gasteiger charge is 2.34. The Morgan fingerprint density at radius 2 is 1.69 bits per heavy atom. The molecule has 1 aromatic rings. The number of alkyl halides is 3. The molecule has 1 atom stereocenters. The number of hydrogen-bond acceptors (Lipinski definition) is 3. The second-order valence-corrected chi connectivity index (χ2v) is 4.99. The van der Waals surface area contributed by atoms with Crippen LogP contribution in [0.25, 0.3) is 0 Å². The van der Waals surface area contributed by atoms with E-state index in [1.165, 1.54) is 30.3 Å². The van der Waals surface area contributed by atoms with Gasteiger partial charge in [0.25, 0.3) is 0 Å². The van der Waals surface area contributed by atoms with Gasteiger partial charge in [-0.2, -0.15) is 13.2 Å². The van der Waals surface area contributed by atoms with E-state index in [0.29, 0.717) is 0 Å². The Hall–Kier alpha value is -0.840. The summed E-state index contributed by atoms with van der Waals surface area (Å²) in [4.78, 5) is 21.6. The van der Waals surface area contributed by atoms with Gasteiger partial charge in [-0.15, -0.1) is 0 Å². The van der Waals surface area contributed by atoms with E-state index < -0.39 is 25.9 Å². The molecular weight excluding hydrogens is 244 g/mol. The smallest absolute Gasteiger partial charge is 0.390 e. The molecule has 0 aliphatic heterocycles. The Labute approximate surface area is 90.1 Å². The van der Waals surface area contributed by atoms with Gasteiger partial charge in [-0.3, -0.25) is 0 Å². The number of benzene rings is 1. The first-order valence-corrected chi connectivity index (χ1v) is 5.95. The van der Waals surface area contributed by atoms with Crippen LogP contribution in [0.1, 0.15) is 17.6 Å². The molecule has 0 N–H and O–H groups in total. The predicted octanol–water partition coefficient (Wildman–Crippen LogP) is 1.59. The van der Waals surface area contributed by atoms with Crippen molar-refractivity contribution >= 4 is 7.60 Å². The molecule has 0 fully saturated rings. The van der Waals surface area contributed by atoms with Crippen molar-refractivity contribution in [1.82, 2.24) is 0 Å². The molecule has 0 spiro atoms. The van der Waals surface area contributed by atoms with Crippen LogP contribution in [0.3, 0.4) is 0 Å². The van der Waals surface area contributed by atoms with E-state index >= 15 is 0 Å². The van der Waals surface area contributed by atoms with Gasteiger partial charge < -0.3 is 14.4 Å². The molecule has 90 valence electrons. The molecule has 16 heavy (non-hydrogen) atoms. The third-order valence-corrected chi connectivity index (χ3v) is 3.24. The van der Waals surface area contributed by atoms with Gasteiger partial charge in [0.2, 0.25) is 0 Å². The van der Waals surface area contributed by atoms with Crippen molar-refractivity contribution in [3.05, 3.63) is 35.9 Å². The highest BCUT2D eigenvalue weighted by atomic mass is 31.2. The van der Waals surface area contributed by atoms with Crippen LogP contribution < -0.4 is 9.79 Å². The molecule has 0 saturated heterocycles. The molecule has 0 heterocycles. The lowest BCUT2D eigenvalue weighted by Crippen LogP contribution is -2.25. The van der Waals surface area contributed by atoms with Gasteiger partial charge in [0.05, 0.1) is 6.42 Å². The minimum Gasteiger partial charge on any atom is -0.810 e. The summed E-state index contributed by atoms with van der Waals surface area (Å²) < 4.78 is 47.2. The van der Waals surface area contributed by atoms with E-state index in [4.69, 9.17) is 0 Å². The van der Waals surface area contributed by atoms with Crippen molar-refractivity contribution in [2.45, 2.75) is 18.3 Å². The second kappa shape index (κ2) is 4.57. The molecule has 3 nitrogen and oxygen atoms in total. The first kappa shape index (κ1) is 13.2. The molecule has 0 radical (unpaired) electrons. The Morgan fingerprint density at radius 3 is 2.06 bits per heavy atom. The van der Waals surface area contributed by atoms with Gasteiger partial charge in [-0.1, -0.05) is 37.9 Å². The van der Waals surface area contributed by atoms with Crippen molar-refractivity contribution in [2.24, 2.45) is 0 Å². The largest absolute Gasteiger partial charge is 0.810 e. The first-order chi connectivity index (χ1) is 7.20. The third kappa shape index (κ3) is 3.96. The van der Waals surface area contributed by atoms with Gasteiger partial charge in [0.15, 0.2) is 0 Å². The summed E-state index contributed by atoms with van der Waals surface area (Å²) in [7, 11) is -5.31. The van der Waals surface area contributed by atoms with E-state index in [2.05, 4.69) is 0 Å². The molecule has 0 aliphatic rings. The zero-order valence-electron chi connectivity index (χ0n) is 7.98. The zero-order chi connectivity index (χ0) is 12.4. The SMILES string of the molecule is O=P([O-])([O-])C(CC(F)(F)F)c1ccccc1. The van der Waals surface area contributed by atoms with Crippen LogP contribution >= 0.6 is 7.60 Å². The fourth-order valence-electron chi connectivity index (χ4n) is 1.31. The molecular formula is C9H8F3O3P-2. The fourth-order valence-corrected chi connectivity index (χ4v) is 2.27. The summed E-state index contributed by atoms with van der Waals surface area (Å²) in [6.07, 6.45) is -6.34. The van der Waals surface area contributed by atoms with Crippen LogP contribution in [-0.4, -0.2) is 6.18 Å². The van der Waals surface area contributed by atoms with Gasteiger partial charge in [0, 0.05) is 5.66 Å². The Morgan fingerprint density at radius 1 is 1.19 bits per heavy atom. The van der Waals surface area contributed by atoms with E-state index in [-0.39, 0.29) is 5.56 Å². The quantitative estimate of drug-likeness (QED) is 0.767. The van der Waals surface area contributed by atoms with E-state index in [9.17, 15) is 27.5 Å². The standard InChI is InChI=1S/C9H10F3O3P/c10-9(11,12)6-8(16(13,14)15)7-4-2-1-3-5-7/h1-5,8H,6H2,(H2,13,14,15)/p-2. The fraction of sp³-hybridized carbons (Fsp3) is 0.333. The molecule has 0 aromatic heterocycles. The highest BCUT2D eigenvalue weighted by molar-refractivity contribution is 7.49. The Kier molecular flexibility index (Phi) is 3.78. The minimum absolute atomic E-state index is 0.131. The van der Waals surface area contributed by atoms with Crippen LogP contribution in [0.2, 0.25) is 0 Å². The maximum atomic E-state index is 12.1. The van der Waals surface area contributed by atoms with Crippen LogP contribution in [0.5, 0.6) is 0 Å². The summed E-state index contributed by atoms with van der Waals surface area (Å²) >= 11 is 0. The van der Waals surface area contributed by atoms with Crippen LogP contribution in [-0.2, 0) is 4.57 Å². The minimum atomic E-state index is -5.31. The summed E-state index contributed by atoms with van der Waals surface area (Å²) in [5.41, 5.74) is -2.18. The van der Waals surface area contributed by atoms with Crippen molar-refractivity contribution < 1.29 is 27.5 Å². The average Bonchev–Trinajstić information content (AvgIpc) is 2.13. The maximum absolute atomic E-state index is 12.1. The van der Waals surface area contributed by atoms with E-state index in [0.717, 1.165) is 0 Å². The van der Waals surface area contributed by atoms with Crippen molar-refractivity contribution in [3.8, 4) is 0 Å². The summed E-state index contributed by atoms with van der Waals surface area (Å²) in [6.45, 7) is 0. The van der Waals surface area contributed by atoms with E-state index in [1.54, 1.807) is 0 Å². The lowest BCUT2D eigenvalue weighted by Gasteiger charge is -2.39. The lowest BCUT2D eigenvalue weighted by molar-refractivity contribution is -0.319. The monoisotopic (exact) mass is 252 g/mol. The topological polar surface area (TPSA) is 63.2 Å². The van der Waals surface area contributed by atoms with Gasteiger partial charge >= 0.3 is 6.18 Å². The van der Waals surface area contributed by atoms with Gasteiger partial charge in [0.1, 0.15) is 0 Å². The summed E-state index contributed by atoms with van der Waals surface area (Å²) in [5.74, 6) is 0. The maximum Gasteiger partial charge on any atom is 0.390 e. The number of rotatable bonds is 3. The van der Waals surface area contributed by atoms with E-state index in [1.807, 2.05) is 0 Å². The molecule has 0 aliphatic carbocycles. The summed E-state index contributed by atoms with van der Waals surface area (Å²) in [5, 5.41) is 0. The van der Waals surface area contributed by atoms with Gasteiger partial charge in [-0.05, 0) is 5.56 Å². The first-order valence-electron chi connectivity index (χ1n) is 4.33. The van der Waals surface area contributed by atoms with Crippen LogP contribution in [0.15, 0.2) is 30.3 Å². The molecule has 7 heteroatoms. The molecule has 1 unspecified atom stereocenters. The average molecular weight is 252 g/mol. The lowest BCUT2D eigenvalue weighted by atomic mass is 10.1. The van der Waals surface area contributed by atoms with Crippen LogP contribution in [0.4, 0.5) is 13.2 Å². The number of hydrogen-bond donors (Lipinski definition) is 0. The van der Waals surface area contributed by atoms with Gasteiger partial charge in [-0.25, -0.2) is 0 Å². The summed E-state index contributed by atoms with van der Waals surface area (Å²) in [6, 6.07) is 6.68. The molecule has 0 bridgehead atoms. The predicted molar refractivity (Wildman–Crippen MR) is 47.5 cm³/mol.